The first-order valence-corrected chi connectivity index (χ1v) is 10.2. The molecule has 2 atom stereocenters. The van der Waals surface area contributed by atoms with Crippen LogP contribution >= 0.6 is 11.8 Å². The predicted octanol–water partition coefficient (Wildman–Crippen LogP) is 3.91. The molecule has 1 N–H and O–H groups in total. The van der Waals surface area contributed by atoms with Crippen molar-refractivity contribution in [2.45, 2.75) is 38.4 Å². The summed E-state index contributed by atoms with van der Waals surface area (Å²) in [5.74, 6) is 2.34. The van der Waals surface area contributed by atoms with Gasteiger partial charge in [-0.3, -0.25) is 4.79 Å². The summed E-state index contributed by atoms with van der Waals surface area (Å²) in [6.07, 6.45) is 2.70. The summed E-state index contributed by atoms with van der Waals surface area (Å²) in [5.41, 5.74) is 1.80. The summed E-state index contributed by atoms with van der Waals surface area (Å²) >= 11 is 1.60. The van der Waals surface area contributed by atoms with Crippen LogP contribution in [0.25, 0.3) is 0 Å². The van der Waals surface area contributed by atoms with Crippen LogP contribution in [0.4, 0.5) is 5.95 Å². The van der Waals surface area contributed by atoms with Crippen LogP contribution in [0.2, 0.25) is 0 Å². The molecule has 0 radical (unpaired) electrons. The van der Waals surface area contributed by atoms with Gasteiger partial charge in [0.25, 0.3) is 0 Å². The lowest BCUT2D eigenvalue weighted by Crippen LogP contribution is -2.42. The molecular weight excluding hydrogens is 360 g/mol. The van der Waals surface area contributed by atoms with Gasteiger partial charge in [0.2, 0.25) is 11.1 Å². The molecule has 0 saturated carbocycles. The average molecular weight is 385 g/mol. The fourth-order valence-corrected chi connectivity index (χ4v) is 4.49. The number of rotatable bonds is 4. The second-order valence-electron chi connectivity index (χ2n) is 7.65. The lowest BCUT2D eigenvalue weighted by molar-refractivity contribution is -0.125. The number of Topliss-reactive ketones (excluding diaryl/α,β-unsaturated/α-hetero) is 1. The average Bonchev–Trinajstić information content (AvgIpc) is 3.01. The van der Waals surface area contributed by atoms with Gasteiger partial charge in [0.1, 0.15) is 11.5 Å². The minimum absolute atomic E-state index is 0.163. The molecule has 1 aromatic carbocycles. The van der Waals surface area contributed by atoms with Gasteiger partial charge in [0.05, 0.1) is 19.1 Å². The lowest BCUT2D eigenvalue weighted by atomic mass is 9.72. The van der Waals surface area contributed by atoms with Crippen LogP contribution < -0.4 is 10.1 Å². The van der Waals surface area contributed by atoms with Crippen LogP contribution in [0, 0.1) is 11.3 Å². The third-order valence-corrected chi connectivity index (χ3v) is 5.76. The Balaban J connectivity index is 1.86. The standard InChI is InChI=1S/C20H24N4O2S/c1-5-27-19-22-18-21-14-10-20(2,3)11-15(25)16(14)17(24(18)23-19)12-6-8-13(26-4)9-7-12/h6-10,16-17H,5,11H2,1-4H3,(H,21,22,23)/t16-,17-/m0/s1. The molecule has 0 amide bonds. The Hall–Kier alpha value is -2.28. The van der Waals surface area contributed by atoms with Crippen LogP contribution in [0.3, 0.4) is 0 Å². The Morgan fingerprint density at radius 3 is 2.74 bits per heavy atom. The van der Waals surface area contributed by atoms with Crippen molar-refractivity contribution in [3.8, 4) is 5.75 Å². The maximum Gasteiger partial charge on any atom is 0.227 e. The number of carbonyl (C=O) groups is 1. The highest BCUT2D eigenvalue weighted by atomic mass is 32.2. The Labute approximate surface area is 163 Å². The van der Waals surface area contributed by atoms with E-state index in [1.165, 1.54) is 0 Å². The maximum absolute atomic E-state index is 13.1. The Morgan fingerprint density at radius 2 is 2.07 bits per heavy atom. The highest BCUT2D eigenvalue weighted by Crippen LogP contribution is 2.45. The van der Waals surface area contributed by atoms with E-state index >= 15 is 0 Å². The number of allylic oxidation sites excluding steroid dienone is 2. The molecule has 1 aliphatic carbocycles. The van der Waals surface area contributed by atoms with Gasteiger partial charge in [-0.05, 0) is 28.9 Å². The zero-order valence-electron chi connectivity index (χ0n) is 16.0. The molecule has 142 valence electrons. The molecule has 7 heteroatoms. The summed E-state index contributed by atoms with van der Waals surface area (Å²) < 4.78 is 7.16. The monoisotopic (exact) mass is 384 g/mol. The van der Waals surface area contributed by atoms with E-state index in [1.807, 2.05) is 28.9 Å². The topological polar surface area (TPSA) is 69.0 Å². The second-order valence-corrected chi connectivity index (χ2v) is 8.88. The zero-order chi connectivity index (χ0) is 19.2. The molecule has 1 aliphatic heterocycles. The normalized spacial score (nSPS) is 23.1. The number of hydrogen-bond donors (Lipinski definition) is 1. The summed E-state index contributed by atoms with van der Waals surface area (Å²) in [4.78, 5) is 17.8. The van der Waals surface area contributed by atoms with Crippen LogP contribution in [-0.2, 0) is 4.79 Å². The first kappa shape index (κ1) is 18.1. The molecule has 0 unspecified atom stereocenters. The number of fused-ring (bicyclic) bond motifs is 2. The van der Waals surface area contributed by atoms with Crippen molar-refractivity contribution in [3.63, 3.8) is 0 Å². The SMILES string of the molecule is CCSc1nc2n(n1)[C@@H](c1ccc(OC)cc1)[C@@H]1C(=O)CC(C)(C)C=C1N2. The van der Waals surface area contributed by atoms with Crippen molar-refractivity contribution < 1.29 is 9.53 Å². The van der Waals surface area contributed by atoms with Crippen molar-refractivity contribution in [2.75, 3.05) is 18.2 Å². The molecule has 1 aromatic heterocycles. The second kappa shape index (κ2) is 6.71. The Kier molecular flexibility index (Phi) is 4.50. The number of anilines is 1. The van der Waals surface area contributed by atoms with Crippen molar-refractivity contribution in [3.05, 3.63) is 41.6 Å². The smallest absolute Gasteiger partial charge is 0.227 e. The quantitative estimate of drug-likeness (QED) is 0.806. The molecule has 2 aromatic rings. The molecule has 0 saturated heterocycles. The van der Waals surface area contributed by atoms with Gasteiger partial charge in [-0.15, -0.1) is 5.10 Å². The molecule has 6 nitrogen and oxygen atoms in total. The van der Waals surface area contributed by atoms with Crippen molar-refractivity contribution in [2.24, 2.45) is 11.3 Å². The lowest BCUT2D eigenvalue weighted by Gasteiger charge is -2.40. The number of ether oxygens (including phenoxy) is 1. The minimum atomic E-state index is -0.278. The largest absolute Gasteiger partial charge is 0.497 e. The van der Waals surface area contributed by atoms with Gasteiger partial charge in [0, 0.05) is 12.1 Å². The van der Waals surface area contributed by atoms with Gasteiger partial charge in [0.15, 0.2) is 0 Å². The number of nitrogens with zero attached hydrogens (tertiary/aromatic N) is 3. The van der Waals surface area contributed by atoms with Crippen molar-refractivity contribution in [1.29, 1.82) is 0 Å². The number of carbonyl (C=O) groups excluding carboxylic acids is 1. The molecule has 4 rings (SSSR count). The number of aromatic nitrogens is 3. The third kappa shape index (κ3) is 3.25. The van der Waals surface area contributed by atoms with Gasteiger partial charge < -0.3 is 10.1 Å². The summed E-state index contributed by atoms with van der Waals surface area (Å²) in [6, 6.07) is 7.67. The predicted molar refractivity (Wildman–Crippen MR) is 106 cm³/mol. The van der Waals surface area contributed by atoms with Crippen molar-refractivity contribution in [1.82, 2.24) is 14.8 Å². The Morgan fingerprint density at radius 1 is 1.33 bits per heavy atom. The highest BCUT2D eigenvalue weighted by molar-refractivity contribution is 7.99. The van der Waals surface area contributed by atoms with E-state index in [1.54, 1.807) is 18.9 Å². The number of methoxy groups -OCH3 is 1. The zero-order valence-corrected chi connectivity index (χ0v) is 16.8. The van der Waals surface area contributed by atoms with E-state index in [4.69, 9.17) is 9.84 Å². The molecular formula is C20H24N4O2S. The number of nitrogens with one attached hydrogen (secondary N) is 1. The van der Waals surface area contributed by atoms with Gasteiger partial charge in [-0.2, -0.15) is 4.98 Å². The van der Waals surface area contributed by atoms with E-state index in [0.717, 1.165) is 27.9 Å². The van der Waals surface area contributed by atoms with E-state index in [9.17, 15) is 4.79 Å². The third-order valence-electron chi connectivity index (χ3n) is 5.04. The first-order chi connectivity index (χ1) is 12.9. The summed E-state index contributed by atoms with van der Waals surface area (Å²) in [5, 5.41) is 8.80. The van der Waals surface area contributed by atoms with Gasteiger partial charge in [-0.1, -0.05) is 50.7 Å². The summed E-state index contributed by atoms with van der Waals surface area (Å²) in [7, 11) is 1.65. The molecule has 0 spiro atoms. The maximum atomic E-state index is 13.1. The van der Waals surface area contributed by atoms with Crippen molar-refractivity contribution >= 4 is 23.5 Å². The fourth-order valence-electron chi connectivity index (χ4n) is 3.93. The molecule has 27 heavy (non-hydrogen) atoms. The first-order valence-electron chi connectivity index (χ1n) is 9.17. The molecule has 2 aliphatic rings. The minimum Gasteiger partial charge on any atom is -0.497 e. The highest BCUT2D eigenvalue weighted by Gasteiger charge is 2.45. The van der Waals surface area contributed by atoms with Crippen LogP contribution in [0.1, 0.15) is 38.8 Å². The Bertz CT molecular complexity index is 901. The van der Waals surface area contributed by atoms with E-state index in [-0.39, 0.29) is 23.2 Å². The number of benzene rings is 1. The van der Waals surface area contributed by atoms with Gasteiger partial charge >= 0.3 is 0 Å². The molecule has 0 fully saturated rings. The molecule has 0 bridgehead atoms. The van der Waals surface area contributed by atoms with Crippen LogP contribution in [-0.4, -0.2) is 33.4 Å². The van der Waals surface area contributed by atoms with Gasteiger partial charge in [-0.25, -0.2) is 4.68 Å². The van der Waals surface area contributed by atoms with E-state index in [2.05, 4.69) is 37.1 Å². The number of hydrogen-bond acceptors (Lipinski definition) is 6. The summed E-state index contributed by atoms with van der Waals surface area (Å²) in [6.45, 7) is 6.26. The number of thioether (sulfide) groups is 1. The fraction of sp³-hybridized carbons (Fsp3) is 0.450. The van der Waals surface area contributed by atoms with E-state index in [0.29, 0.717) is 12.4 Å². The van der Waals surface area contributed by atoms with Crippen LogP contribution in [0.15, 0.2) is 41.2 Å². The van der Waals surface area contributed by atoms with E-state index < -0.39 is 0 Å². The number of ketones is 1. The van der Waals surface area contributed by atoms with Crippen LogP contribution in [0.5, 0.6) is 5.75 Å². The molecule has 2 heterocycles.